The normalized spacial score (nSPS) is 23.1. The van der Waals surface area contributed by atoms with E-state index in [0.717, 1.165) is 29.8 Å². The summed E-state index contributed by atoms with van der Waals surface area (Å²) < 4.78 is 4.89. The molecule has 0 amide bonds. The maximum atomic E-state index is 12.0. The fraction of sp³-hybridized carbons (Fsp3) is 0.417. The third-order valence-corrected chi connectivity index (χ3v) is 7.25. The molecule has 2 aliphatic carbocycles. The van der Waals surface area contributed by atoms with E-state index in [9.17, 15) is 4.79 Å². The van der Waals surface area contributed by atoms with Crippen LogP contribution in [-0.4, -0.2) is 24.8 Å². The number of methoxy groups -OCH3 is 1. The van der Waals surface area contributed by atoms with Crippen LogP contribution in [0.25, 0.3) is 0 Å². The third kappa shape index (κ3) is 3.16. The highest BCUT2D eigenvalue weighted by atomic mass is 35.5. The van der Waals surface area contributed by atoms with E-state index in [1.165, 1.54) is 38.4 Å². The SMILES string of the molecule is COC(=O)c1ccc2c(c1)CCC1C2=NN(c2ccc(N)c(Cl)c2)C1C1CCCC1. The molecule has 2 aromatic carbocycles. The van der Waals surface area contributed by atoms with Crippen molar-refractivity contribution in [3.8, 4) is 0 Å². The van der Waals surface area contributed by atoms with Crippen molar-refractivity contribution in [3.05, 3.63) is 58.1 Å². The minimum absolute atomic E-state index is 0.296. The third-order valence-electron chi connectivity index (χ3n) is 6.92. The number of hydrogen-bond acceptors (Lipinski definition) is 5. The lowest BCUT2D eigenvalue weighted by Gasteiger charge is -2.34. The van der Waals surface area contributed by atoms with E-state index in [1.54, 1.807) is 0 Å². The lowest BCUT2D eigenvalue weighted by atomic mass is 9.75. The molecule has 1 heterocycles. The molecule has 5 nitrogen and oxygen atoms in total. The topological polar surface area (TPSA) is 67.9 Å². The largest absolute Gasteiger partial charge is 0.465 e. The standard InChI is InChI=1S/C24H26ClN3O2/c1-30-24(29)16-7-9-18-15(12-16)6-10-19-22(18)27-28(23(19)14-4-2-3-5-14)17-8-11-21(26)20(25)13-17/h7-9,11-14,19,23H,2-6,10,26H2,1H3. The van der Waals surface area contributed by atoms with Crippen LogP contribution in [0.5, 0.6) is 0 Å². The van der Waals surface area contributed by atoms with Crippen LogP contribution in [0.4, 0.5) is 11.4 Å². The Bertz CT molecular complexity index is 1030. The van der Waals surface area contributed by atoms with Crippen LogP contribution in [0.3, 0.4) is 0 Å². The van der Waals surface area contributed by atoms with E-state index < -0.39 is 0 Å². The highest BCUT2D eigenvalue weighted by Crippen LogP contribution is 2.45. The molecule has 1 saturated carbocycles. The second-order valence-corrected chi connectivity index (χ2v) is 8.99. The van der Waals surface area contributed by atoms with Gasteiger partial charge in [-0.1, -0.05) is 30.5 Å². The number of esters is 1. The molecule has 5 rings (SSSR count). The van der Waals surface area contributed by atoms with Gasteiger partial charge in [0.05, 0.1) is 40.8 Å². The van der Waals surface area contributed by atoms with Crippen molar-refractivity contribution in [1.29, 1.82) is 0 Å². The molecule has 2 unspecified atom stereocenters. The zero-order chi connectivity index (χ0) is 20.8. The number of nitrogens with two attached hydrogens (primary N) is 1. The number of ether oxygens (including phenoxy) is 1. The van der Waals surface area contributed by atoms with Gasteiger partial charge in [0.1, 0.15) is 0 Å². The van der Waals surface area contributed by atoms with Gasteiger partial charge in [-0.05, 0) is 67.5 Å². The first kappa shape index (κ1) is 19.4. The number of carbonyl (C=O) groups excluding carboxylic acids is 1. The number of hydrazone groups is 1. The molecule has 0 aromatic heterocycles. The number of rotatable bonds is 3. The predicted molar refractivity (Wildman–Crippen MR) is 120 cm³/mol. The first-order valence-corrected chi connectivity index (χ1v) is 11.1. The zero-order valence-electron chi connectivity index (χ0n) is 17.1. The van der Waals surface area contributed by atoms with Crippen LogP contribution >= 0.6 is 11.6 Å². The van der Waals surface area contributed by atoms with Gasteiger partial charge in [-0.15, -0.1) is 0 Å². The van der Waals surface area contributed by atoms with Gasteiger partial charge >= 0.3 is 5.97 Å². The van der Waals surface area contributed by atoms with Gasteiger partial charge in [0.25, 0.3) is 0 Å². The second-order valence-electron chi connectivity index (χ2n) is 8.58. The maximum Gasteiger partial charge on any atom is 0.337 e. The fourth-order valence-electron chi connectivity index (χ4n) is 5.47. The molecule has 0 spiro atoms. The molecule has 0 bridgehead atoms. The molecule has 1 aliphatic heterocycles. The number of nitrogens with zero attached hydrogens (tertiary/aromatic N) is 2. The van der Waals surface area contributed by atoms with Crippen LogP contribution < -0.4 is 10.7 Å². The van der Waals surface area contributed by atoms with Crippen LogP contribution in [-0.2, 0) is 11.2 Å². The molecule has 0 saturated heterocycles. The van der Waals surface area contributed by atoms with Crippen LogP contribution in [0.1, 0.15) is 53.6 Å². The molecule has 0 radical (unpaired) electrons. The fourth-order valence-corrected chi connectivity index (χ4v) is 5.65. The Kier molecular flexibility index (Phi) is 4.94. The molecule has 2 aromatic rings. The van der Waals surface area contributed by atoms with E-state index in [0.29, 0.717) is 34.2 Å². The number of anilines is 2. The summed E-state index contributed by atoms with van der Waals surface area (Å²) in [4.78, 5) is 12.0. The Morgan fingerprint density at radius 1 is 1.17 bits per heavy atom. The zero-order valence-corrected chi connectivity index (χ0v) is 17.9. The number of fused-ring (bicyclic) bond motifs is 3. The molecule has 30 heavy (non-hydrogen) atoms. The summed E-state index contributed by atoms with van der Waals surface area (Å²) in [6, 6.07) is 12.0. The monoisotopic (exact) mass is 423 g/mol. The average Bonchev–Trinajstić information content (AvgIpc) is 3.42. The molecule has 2 atom stereocenters. The van der Waals surface area contributed by atoms with Gasteiger partial charge < -0.3 is 10.5 Å². The Morgan fingerprint density at radius 2 is 1.97 bits per heavy atom. The molecule has 1 fully saturated rings. The molecular formula is C24H26ClN3O2. The number of hydrogen-bond donors (Lipinski definition) is 1. The summed E-state index contributed by atoms with van der Waals surface area (Å²) >= 11 is 6.35. The number of carbonyl (C=O) groups is 1. The summed E-state index contributed by atoms with van der Waals surface area (Å²) in [5, 5.41) is 7.91. The van der Waals surface area contributed by atoms with E-state index in [1.807, 2.05) is 36.4 Å². The van der Waals surface area contributed by atoms with E-state index in [-0.39, 0.29) is 5.97 Å². The van der Waals surface area contributed by atoms with Gasteiger partial charge in [0.15, 0.2) is 0 Å². The van der Waals surface area contributed by atoms with Crippen molar-refractivity contribution >= 4 is 34.7 Å². The quantitative estimate of drug-likeness (QED) is 0.553. The summed E-state index contributed by atoms with van der Waals surface area (Å²) in [7, 11) is 1.42. The Hall–Kier alpha value is -2.53. The van der Waals surface area contributed by atoms with Crippen molar-refractivity contribution in [1.82, 2.24) is 0 Å². The predicted octanol–water partition coefficient (Wildman–Crippen LogP) is 5.05. The van der Waals surface area contributed by atoms with Crippen LogP contribution in [0, 0.1) is 11.8 Å². The summed E-state index contributed by atoms with van der Waals surface area (Å²) in [6.45, 7) is 0. The van der Waals surface area contributed by atoms with E-state index in [2.05, 4.69) is 5.01 Å². The van der Waals surface area contributed by atoms with Crippen molar-refractivity contribution in [2.75, 3.05) is 17.9 Å². The number of nitrogen functional groups attached to an aromatic ring is 1. The smallest absolute Gasteiger partial charge is 0.337 e. The summed E-state index contributed by atoms with van der Waals surface area (Å²) in [6.07, 6.45) is 7.06. The lowest BCUT2D eigenvalue weighted by Crippen LogP contribution is -2.40. The Balaban J connectivity index is 1.57. The van der Waals surface area contributed by atoms with Gasteiger partial charge in [-0.25, -0.2) is 4.79 Å². The van der Waals surface area contributed by atoms with Gasteiger partial charge in [-0.3, -0.25) is 5.01 Å². The second kappa shape index (κ2) is 7.62. The molecule has 3 aliphatic rings. The highest BCUT2D eigenvalue weighted by Gasteiger charge is 2.45. The first-order valence-electron chi connectivity index (χ1n) is 10.7. The van der Waals surface area contributed by atoms with Gasteiger partial charge in [-0.2, -0.15) is 5.10 Å². The van der Waals surface area contributed by atoms with Crippen LogP contribution in [0.2, 0.25) is 5.02 Å². The minimum Gasteiger partial charge on any atom is -0.465 e. The maximum absolute atomic E-state index is 12.0. The summed E-state index contributed by atoms with van der Waals surface area (Å²) in [5.41, 5.74) is 11.6. The van der Waals surface area contributed by atoms with Crippen LogP contribution in [0.15, 0.2) is 41.5 Å². The van der Waals surface area contributed by atoms with Crippen molar-refractivity contribution in [2.45, 2.75) is 44.6 Å². The molecular weight excluding hydrogens is 398 g/mol. The lowest BCUT2D eigenvalue weighted by molar-refractivity contribution is 0.0600. The molecule has 6 heteroatoms. The average molecular weight is 424 g/mol. The molecule has 156 valence electrons. The number of halogens is 1. The van der Waals surface area contributed by atoms with Gasteiger partial charge in [0, 0.05) is 11.5 Å². The van der Waals surface area contributed by atoms with Gasteiger partial charge in [0.2, 0.25) is 0 Å². The number of benzene rings is 2. The van der Waals surface area contributed by atoms with E-state index >= 15 is 0 Å². The highest BCUT2D eigenvalue weighted by molar-refractivity contribution is 6.33. The first-order chi connectivity index (χ1) is 14.6. The Labute approximate surface area is 181 Å². The summed E-state index contributed by atoms with van der Waals surface area (Å²) in [5.74, 6) is 0.722. The van der Waals surface area contributed by atoms with Crippen molar-refractivity contribution in [3.63, 3.8) is 0 Å². The van der Waals surface area contributed by atoms with E-state index in [4.69, 9.17) is 27.2 Å². The van der Waals surface area contributed by atoms with Crippen molar-refractivity contribution in [2.24, 2.45) is 16.9 Å². The molecule has 2 N–H and O–H groups in total. The Morgan fingerprint density at radius 3 is 2.70 bits per heavy atom. The van der Waals surface area contributed by atoms with Crippen molar-refractivity contribution < 1.29 is 9.53 Å². The minimum atomic E-state index is -0.296. The number of aryl methyl sites for hydroxylation is 1.